The van der Waals surface area contributed by atoms with Crippen molar-refractivity contribution in [3.63, 3.8) is 0 Å². The normalized spacial score (nSPS) is 11.4. The molecule has 0 aliphatic rings. The molecule has 0 bridgehead atoms. The molecule has 0 aliphatic heterocycles. The molecule has 5 nitrogen and oxygen atoms in total. The van der Waals surface area contributed by atoms with E-state index < -0.39 is 0 Å². The van der Waals surface area contributed by atoms with E-state index in [1.54, 1.807) is 6.33 Å². The number of hydrogen-bond donors (Lipinski definition) is 0. The summed E-state index contributed by atoms with van der Waals surface area (Å²) >= 11 is 0. The molecule has 0 saturated heterocycles. The largest absolute Gasteiger partial charge is 0.494 e. The highest BCUT2D eigenvalue weighted by Crippen LogP contribution is 2.23. The Morgan fingerprint density at radius 3 is 2.86 bits per heavy atom. The number of benzene rings is 1. The minimum Gasteiger partial charge on any atom is -0.494 e. The van der Waals surface area contributed by atoms with Gasteiger partial charge in [0, 0.05) is 23.1 Å². The van der Waals surface area contributed by atoms with E-state index in [-0.39, 0.29) is 0 Å². The molecule has 110 valence electrons. The molecular formula is C16H20N4O. The Bertz CT molecular complexity index is 742. The third-order valence-corrected chi connectivity index (χ3v) is 3.50. The van der Waals surface area contributed by atoms with Gasteiger partial charge in [-0.05, 0) is 45.0 Å². The molecular weight excluding hydrogens is 264 g/mol. The molecule has 21 heavy (non-hydrogen) atoms. The van der Waals surface area contributed by atoms with Crippen LogP contribution in [0.1, 0.15) is 32.6 Å². The molecule has 0 radical (unpaired) electrons. The SMILES string of the molecule is CCOc1ccc2c(ccn2Cc2ncnn2C(C)C)c1. The zero-order chi connectivity index (χ0) is 14.8. The maximum atomic E-state index is 5.54. The summed E-state index contributed by atoms with van der Waals surface area (Å²) in [6, 6.07) is 8.59. The summed E-state index contributed by atoms with van der Waals surface area (Å²) in [7, 11) is 0. The molecule has 0 aliphatic carbocycles. The fourth-order valence-corrected chi connectivity index (χ4v) is 2.54. The fourth-order valence-electron chi connectivity index (χ4n) is 2.54. The summed E-state index contributed by atoms with van der Waals surface area (Å²) in [5, 5.41) is 5.46. The monoisotopic (exact) mass is 284 g/mol. The Balaban J connectivity index is 1.92. The average Bonchev–Trinajstić information content (AvgIpc) is 3.07. The first-order valence-corrected chi connectivity index (χ1v) is 7.29. The van der Waals surface area contributed by atoms with Gasteiger partial charge in [-0.2, -0.15) is 5.10 Å². The Morgan fingerprint density at radius 2 is 2.10 bits per heavy atom. The summed E-state index contributed by atoms with van der Waals surface area (Å²) in [5.74, 6) is 1.88. The standard InChI is InChI=1S/C16H20N4O/c1-4-21-14-5-6-15-13(9-14)7-8-19(15)10-16-17-11-18-20(16)12(2)3/h5-9,11-12H,4,10H2,1-3H3. The molecule has 2 aromatic heterocycles. The van der Waals surface area contributed by atoms with Crippen molar-refractivity contribution in [2.45, 2.75) is 33.4 Å². The number of fused-ring (bicyclic) bond motifs is 1. The van der Waals surface area contributed by atoms with E-state index in [2.05, 4.69) is 52.9 Å². The molecule has 3 rings (SSSR count). The molecule has 0 saturated carbocycles. The second kappa shape index (κ2) is 5.60. The quantitative estimate of drug-likeness (QED) is 0.722. The summed E-state index contributed by atoms with van der Waals surface area (Å²) in [5.41, 5.74) is 1.18. The van der Waals surface area contributed by atoms with Crippen LogP contribution in [0.15, 0.2) is 36.8 Å². The van der Waals surface area contributed by atoms with Crippen molar-refractivity contribution in [2.24, 2.45) is 0 Å². The highest BCUT2D eigenvalue weighted by molar-refractivity contribution is 5.81. The van der Waals surface area contributed by atoms with Crippen molar-refractivity contribution >= 4 is 10.9 Å². The lowest BCUT2D eigenvalue weighted by Gasteiger charge is -2.11. The van der Waals surface area contributed by atoms with Gasteiger partial charge in [-0.15, -0.1) is 0 Å². The van der Waals surface area contributed by atoms with Crippen molar-refractivity contribution in [1.29, 1.82) is 0 Å². The van der Waals surface area contributed by atoms with Crippen molar-refractivity contribution in [3.05, 3.63) is 42.6 Å². The lowest BCUT2D eigenvalue weighted by Crippen LogP contribution is -2.11. The lowest BCUT2D eigenvalue weighted by molar-refractivity contribution is 0.340. The lowest BCUT2D eigenvalue weighted by atomic mass is 10.2. The van der Waals surface area contributed by atoms with Gasteiger partial charge in [-0.3, -0.25) is 0 Å². The molecule has 0 fully saturated rings. The van der Waals surface area contributed by atoms with Crippen LogP contribution in [0.3, 0.4) is 0 Å². The minimum atomic E-state index is 0.314. The third kappa shape index (κ3) is 2.63. The third-order valence-electron chi connectivity index (χ3n) is 3.50. The van der Waals surface area contributed by atoms with E-state index >= 15 is 0 Å². The van der Waals surface area contributed by atoms with Crippen LogP contribution in [0.25, 0.3) is 10.9 Å². The zero-order valence-electron chi connectivity index (χ0n) is 12.7. The van der Waals surface area contributed by atoms with Crippen LogP contribution in [0, 0.1) is 0 Å². The Hall–Kier alpha value is -2.30. The fraction of sp³-hybridized carbons (Fsp3) is 0.375. The Kier molecular flexibility index (Phi) is 3.64. The van der Waals surface area contributed by atoms with Gasteiger partial charge >= 0.3 is 0 Å². The number of aromatic nitrogens is 4. The topological polar surface area (TPSA) is 44.9 Å². The summed E-state index contributed by atoms with van der Waals surface area (Å²) in [4.78, 5) is 4.37. The van der Waals surface area contributed by atoms with Gasteiger partial charge < -0.3 is 9.30 Å². The molecule has 0 amide bonds. The number of nitrogens with zero attached hydrogens (tertiary/aromatic N) is 4. The molecule has 5 heteroatoms. The van der Waals surface area contributed by atoms with E-state index in [4.69, 9.17) is 4.74 Å². The van der Waals surface area contributed by atoms with Crippen LogP contribution in [-0.4, -0.2) is 25.9 Å². The Morgan fingerprint density at radius 1 is 1.24 bits per heavy atom. The van der Waals surface area contributed by atoms with Gasteiger partial charge in [-0.1, -0.05) is 0 Å². The van der Waals surface area contributed by atoms with Crippen LogP contribution < -0.4 is 4.74 Å². The number of hydrogen-bond acceptors (Lipinski definition) is 3. The summed E-state index contributed by atoms with van der Waals surface area (Å²) < 4.78 is 9.69. The smallest absolute Gasteiger partial charge is 0.147 e. The van der Waals surface area contributed by atoms with E-state index in [0.29, 0.717) is 12.6 Å². The van der Waals surface area contributed by atoms with Crippen LogP contribution in [0.2, 0.25) is 0 Å². The van der Waals surface area contributed by atoms with Crippen LogP contribution in [0.4, 0.5) is 0 Å². The van der Waals surface area contributed by atoms with Crippen LogP contribution in [0.5, 0.6) is 5.75 Å². The molecule has 3 aromatic rings. The highest BCUT2D eigenvalue weighted by Gasteiger charge is 2.10. The Labute approximate surface area is 124 Å². The van der Waals surface area contributed by atoms with E-state index in [1.165, 1.54) is 10.9 Å². The number of rotatable bonds is 5. The maximum absolute atomic E-state index is 5.54. The second-order valence-electron chi connectivity index (χ2n) is 5.31. The van der Waals surface area contributed by atoms with Crippen molar-refractivity contribution in [1.82, 2.24) is 19.3 Å². The zero-order valence-corrected chi connectivity index (χ0v) is 12.7. The molecule has 1 aromatic carbocycles. The van der Waals surface area contributed by atoms with Gasteiger partial charge in [0.1, 0.15) is 17.9 Å². The average molecular weight is 284 g/mol. The highest BCUT2D eigenvalue weighted by atomic mass is 16.5. The van der Waals surface area contributed by atoms with E-state index in [0.717, 1.165) is 18.1 Å². The van der Waals surface area contributed by atoms with Crippen molar-refractivity contribution in [3.8, 4) is 5.75 Å². The van der Waals surface area contributed by atoms with Gasteiger partial charge in [-0.25, -0.2) is 9.67 Å². The van der Waals surface area contributed by atoms with Crippen molar-refractivity contribution < 1.29 is 4.74 Å². The van der Waals surface area contributed by atoms with Crippen LogP contribution >= 0.6 is 0 Å². The number of ether oxygens (including phenoxy) is 1. The van der Waals surface area contributed by atoms with Gasteiger partial charge in [0.15, 0.2) is 0 Å². The molecule has 2 heterocycles. The predicted octanol–water partition coefficient (Wildman–Crippen LogP) is 3.26. The maximum Gasteiger partial charge on any atom is 0.147 e. The van der Waals surface area contributed by atoms with Crippen molar-refractivity contribution in [2.75, 3.05) is 6.61 Å². The first-order valence-electron chi connectivity index (χ1n) is 7.29. The predicted molar refractivity (Wildman–Crippen MR) is 82.6 cm³/mol. The minimum absolute atomic E-state index is 0.314. The molecule has 0 N–H and O–H groups in total. The molecule has 0 atom stereocenters. The van der Waals surface area contributed by atoms with E-state index in [9.17, 15) is 0 Å². The second-order valence-corrected chi connectivity index (χ2v) is 5.31. The summed E-state index contributed by atoms with van der Waals surface area (Å²) in [6.07, 6.45) is 3.70. The van der Waals surface area contributed by atoms with Crippen LogP contribution in [-0.2, 0) is 6.54 Å². The first kappa shape index (κ1) is 13.7. The first-order chi connectivity index (χ1) is 10.2. The van der Waals surface area contributed by atoms with Gasteiger partial charge in [0.25, 0.3) is 0 Å². The molecule has 0 unspecified atom stereocenters. The summed E-state index contributed by atoms with van der Waals surface area (Å²) in [6.45, 7) is 7.62. The van der Waals surface area contributed by atoms with E-state index in [1.807, 2.05) is 17.7 Å². The van der Waals surface area contributed by atoms with Gasteiger partial charge in [0.05, 0.1) is 13.2 Å². The van der Waals surface area contributed by atoms with Gasteiger partial charge in [0.2, 0.25) is 0 Å². The molecule has 0 spiro atoms.